The molecule has 7 heteroatoms. The van der Waals surface area contributed by atoms with Crippen LogP contribution in [0.25, 0.3) is 0 Å². The van der Waals surface area contributed by atoms with Gasteiger partial charge in [0, 0.05) is 24.7 Å². The van der Waals surface area contributed by atoms with Crippen molar-refractivity contribution in [2.75, 3.05) is 18.0 Å². The van der Waals surface area contributed by atoms with Crippen molar-refractivity contribution in [3.05, 3.63) is 29.8 Å². The number of fused-ring (bicyclic) bond motifs is 1. The summed E-state index contributed by atoms with van der Waals surface area (Å²) in [6.07, 6.45) is 0.998. The summed E-state index contributed by atoms with van der Waals surface area (Å²) < 4.78 is 26.8. The molecule has 1 aromatic carbocycles. The van der Waals surface area contributed by atoms with Gasteiger partial charge in [0.05, 0.1) is 5.69 Å². The number of carbonyl (C=O) groups is 1. The number of piperidine rings is 1. The van der Waals surface area contributed by atoms with Crippen molar-refractivity contribution in [2.24, 2.45) is 0 Å². The molecule has 1 amide bonds. The summed E-state index contributed by atoms with van der Waals surface area (Å²) >= 11 is -1.93. The maximum atomic E-state index is 12.1. The minimum atomic E-state index is -1.93. The molecule has 108 valence electrons. The van der Waals surface area contributed by atoms with E-state index in [1.165, 1.54) is 4.31 Å². The second kappa shape index (κ2) is 5.51. The van der Waals surface area contributed by atoms with Gasteiger partial charge in [0.15, 0.2) is 0 Å². The number of anilines is 1. The lowest BCUT2D eigenvalue weighted by molar-refractivity contribution is 0.135. The smallest absolute Gasteiger partial charge is 0.414 e. The largest absolute Gasteiger partial charge is 0.444 e. The van der Waals surface area contributed by atoms with Crippen LogP contribution in [0.1, 0.15) is 18.4 Å². The lowest BCUT2D eigenvalue weighted by Gasteiger charge is -2.39. The van der Waals surface area contributed by atoms with Crippen LogP contribution in [0.3, 0.4) is 0 Å². The van der Waals surface area contributed by atoms with Gasteiger partial charge < -0.3 is 4.74 Å². The van der Waals surface area contributed by atoms with Crippen LogP contribution in [-0.4, -0.2) is 38.3 Å². The molecule has 2 aliphatic rings. The Bertz CT molecular complexity index is 543. The maximum absolute atomic E-state index is 12.1. The Morgan fingerprint density at radius 3 is 2.65 bits per heavy atom. The quantitative estimate of drug-likeness (QED) is 0.844. The van der Waals surface area contributed by atoms with Crippen molar-refractivity contribution < 1.29 is 18.3 Å². The fraction of sp³-hybridized carbons (Fsp3) is 0.462. The van der Waals surface area contributed by atoms with Crippen molar-refractivity contribution in [2.45, 2.75) is 25.5 Å². The fourth-order valence-corrected chi connectivity index (χ4v) is 3.30. The molecule has 0 saturated carbocycles. The van der Waals surface area contributed by atoms with Gasteiger partial charge in [0.1, 0.15) is 6.61 Å². The molecule has 0 bridgehead atoms. The molecule has 0 spiro atoms. The summed E-state index contributed by atoms with van der Waals surface area (Å²) in [4.78, 5) is 13.7. The third-order valence-electron chi connectivity index (χ3n) is 3.81. The van der Waals surface area contributed by atoms with Gasteiger partial charge in [-0.15, -0.1) is 0 Å². The van der Waals surface area contributed by atoms with E-state index in [4.69, 9.17) is 9.29 Å². The van der Waals surface area contributed by atoms with Crippen LogP contribution in [0.15, 0.2) is 24.3 Å². The van der Waals surface area contributed by atoms with E-state index in [1.807, 2.05) is 24.3 Å². The number of nitrogens with zero attached hydrogens (tertiary/aromatic N) is 2. The predicted octanol–water partition coefficient (Wildman–Crippen LogP) is 1.74. The van der Waals surface area contributed by atoms with E-state index in [2.05, 4.69) is 0 Å². The van der Waals surface area contributed by atoms with E-state index in [0.717, 1.165) is 11.3 Å². The van der Waals surface area contributed by atoms with Gasteiger partial charge in [-0.25, -0.2) is 13.3 Å². The Morgan fingerprint density at radius 2 is 1.95 bits per heavy atom. The van der Waals surface area contributed by atoms with Crippen LogP contribution in [0.5, 0.6) is 0 Å². The first-order valence-electron chi connectivity index (χ1n) is 6.56. The number of amides is 1. The van der Waals surface area contributed by atoms with E-state index in [9.17, 15) is 9.00 Å². The van der Waals surface area contributed by atoms with Crippen molar-refractivity contribution in [3.63, 3.8) is 0 Å². The van der Waals surface area contributed by atoms with Crippen molar-refractivity contribution in [1.82, 2.24) is 4.31 Å². The normalized spacial score (nSPS) is 22.2. The number of ether oxygens (including phenoxy) is 1. The summed E-state index contributed by atoms with van der Waals surface area (Å²) in [7, 11) is 0. The third-order valence-corrected chi connectivity index (χ3v) is 4.62. The molecule has 6 nitrogen and oxygen atoms in total. The highest BCUT2D eigenvalue weighted by Crippen LogP contribution is 2.31. The summed E-state index contributed by atoms with van der Waals surface area (Å²) in [5, 5.41) is 0. The van der Waals surface area contributed by atoms with Crippen LogP contribution in [-0.2, 0) is 22.6 Å². The summed E-state index contributed by atoms with van der Waals surface area (Å²) in [6, 6.07) is 7.72. The topological polar surface area (TPSA) is 70.1 Å². The predicted molar refractivity (Wildman–Crippen MR) is 74.5 cm³/mol. The molecule has 20 heavy (non-hydrogen) atoms. The molecule has 1 N–H and O–H groups in total. The Balaban J connectivity index is 1.80. The van der Waals surface area contributed by atoms with Crippen LogP contribution in [0.2, 0.25) is 0 Å². The van der Waals surface area contributed by atoms with Gasteiger partial charge in [0.25, 0.3) is 0 Å². The number of benzene rings is 1. The Morgan fingerprint density at radius 1 is 1.25 bits per heavy atom. The SMILES string of the molecule is O=C1OCc2ccccc2N1C1CCN(S(=O)O)CC1. The Labute approximate surface area is 119 Å². The summed E-state index contributed by atoms with van der Waals surface area (Å²) in [5.74, 6) is 0. The minimum absolute atomic E-state index is 0.0174. The molecule has 0 aromatic heterocycles. The first-order valence-corrected chi connectivity index (χ1v) is 7.63. The Hall–Kier alpha value is -1.44. The highest BCUT2D eigenvalue weighted by atomic mass is 32.2. The average molecular weight is 296 g/mol. The van der Waals surface area contributed by atoms with E-state index in [1.54, 1.807) is 4.90 Å². The molecule has 1 saturated heterocycles. The van der Waals surface area contributed by atoms with Crippen molar-refractivity contribution in [3.8, 4) is 0 Å². The van der Waals surface area contributed by atoms with Gasteiger partial charge in [-0.1, -0.05) is 18.2 Å². The monoisotopic (exact) mass is 296 g/mol. The minimum Gasteiger partial charge on any atom is -0.444 e. The molecule has 3 rings (SSSR count). The summed E-state index contributed by atoms with van der Waals surface area (Å²) in [5.41, 5.74) is 1.90. The molecule has 1 unspecified atom stereocenters. The van der Waals surface area contributed by atoms with E-state index in [0.29, 0.717) is 32.5 Å². The molecule has 1 aromatic rings. The zero-order valence-corrected chi connectivity index (χ0v) is 11.7. The van der Waals surface area contributed by atoms with Crippen LogP contribution in [0, 0.1) is 0 Å². The molecule has 0 aliphatic carbocycles. The zero-order valence-electron chi connectivity index (χ0n) is 10.9. The fourth-order valence-electron chi connectivity index (χ4n) is 2.78. The number of cyclic esters (lactones) is 1. The maximum Gasteiger partial charge on any atom is 0.414 e. The number of para-hydroxylation sites is 1. The molecule has 2 heterocycles. The van der Waals surface area contributed by atoms with Gasteiger partial charge in [-0.05, 0) is 18.9 Å². The second-order valence-corrected chi connectivity index (χ2v) is 5.92. The van der Waals surface area contributed by atoms with Crippen molar-refractivity contribution >= 4 is 23.0 Å². The number of hydrogen-bond donors (Lipinski definition) is 1. The molecule has 1 atom stereocenters. The van der Waals surface area contributed by atoms with Crippen LogP contribution in [0.4, 0.5) is 10.5 Å². The van der Waals surface area contributed by atoms with Crippen LogP contribution < -0.4 is 4.90 Å². The van der Waals surface area contributed by atoms with Crippen molar-refractivity contribution in [1.29, 1.82) is 0 Å². The summed E-state index contributed by atoms with van der Waals surface area (Å²) in [6.45, 7) is 1.31. The first kappa shape index (κ1) is 13.5. The lowest BCUT2D eigenvalue weighted by Crippen LogP contribution is -2.49. The lowest BCUT2D eigenvalue weighted by atomic mass is 10.0. The van der Waals surface area contributed by atoms with Gasteiger partial charge >= 0.3 is 6.09 Å². The average Bonchev–Trinajstić information content (AvgIpc) is 2.47. The number of rotatable bonds is 2. The van der Waals surface area contributed by atoms with E-state index < -0.39 is 11.3 Å². The third kappa shape index (κ3) is 2.44. The molecule has 2 aliphatic heterocycles. The van der Waals surface area contributed by atoms with Gasteiger partial charge in [-0.2, -0.15) is 0 Å². The standard InChI is InChI=1S/C13H16N2O4S/c16-13-15(11-5-7-14(8-6-11)20(17)18)12-4-2-1-3-10(12)9-19-13/h1-4,11H,5-9H2,(H,17,18). The highest BCUT2D eigenvalue weighted by Gasteiger charge is 2.34. The first-order chi connectivity index (χ1) is 9.66. The second-order valence-electron chi connectivity index (χ2n) is 4.94. The molecular weight excluding hydrogens is 280 g/mol. The van der Waals surface area contributed by atoms with Gasteiger partial charge in [0.2, 0.25) is 11.3 Å². The molecule has 1 fully saturated rings. The highest BCUT2D eigenvalue weighted by molar-refractivity contribution is 7.76. The molecule has 0 radical (unpaired) electrons. The van der Waals surface area contributed by atoms with E-state index >= 15 is 0 Å². The number of carbonyl (C=O) groups excluding carboxylic acids is 1. The van der Waals surface area contributed by atoms with E-state index in [-0.39, 0.29) is 12.1 Å². The Kier molecular flexibility index (Phi) is 3.73. The van der Waals surface area contributed by atoms with Crippen LogP contribution >= 0.6 is 0 Å². The van der Waals surface area contributed by atoms with Gasteiger partial charge in [-0.3, -0.25) is 9.45 Å². The zero-order chi connectivity index (χ0) is 14.1. The molecular formula is C13H16N2O4S. The number of hydrogen-bond acceptors (Lipinski definition) is 3.